The maximum atomic E-state index is 12.1. The molecule has 0 radical (unpaired) electrons. The Morgan fingerprint density at radius 2 is 2.11 bits per heavy atom. The standard InChI is InChI=1S/C11H12F3NO3S/c12-11(13,14)6-8(10(17)18)15-9(16)4-3-7-2-1-5-19-7/h1-2,5,8H,3-4,6H2,(H,15,16)(H,17,18). The van der Waals surface area contributed by atoms with Crippen LogP contribution in [-0.2, 0) is 16.0 Å². The van der Waals surface area contributed by atoms with E-state index < -0.39 is 30.5 Å². The molecule has 1 unspecified atom stereocenters. The van der Waals surface area contributed by atoms with E-state index in [-0.39, 0.29) is 6.42 Å². The number of halogens is 3. The molecule has 1 rings (SSSR count). The molecule has 1 aromatic heterocycles. The van der Waals surface area contributed by atoms with Crippen molar-refractivity contribution >= 4 is 23.2 Å². The molecular formula is C11H12F3NO3S. The predicted octanol–water partition coefficient (Wildman–Crippen LogP) is 2.20. The highest BCUT2D eigenvalue weighted by atomic mass is 32.1. The van der Waals surface area contributed by atoms with E-state index in [1.807, 2.05) is 10.7 Å². The number of carbonyl (C=O) groups excluding carboxylic acids is 1. The van der Waals surface area contributed by atoms with Gasteiger partial charge in [-0.05, 0) is 17.9 Å². The molecule has 0 saturated heterocycles. The maximum absolute atomic E-state index is 12.1. The summed E-state index contributed by atoms with van der Waals surface area (Å²) in [4.78, 5) is 22.9. The highest BCUT2D eigenvalue weighted by Gasteiger charge is 2.36. The SMILES string of the molecule is O=C(CCc1cccs1)NC(CC(F)(F)F)C(=O)O. The summed E-state index contributed by atoms with van der Waals surface area (Å²) in [6.45, 7) is 0. The third-order valence-electron chi connectivity index (χ3n) is 2.25. The summed E-state index contributed by atoms with van der Waals surface area (Å²) in [5.74, 6) is -2.40. The number of thiophene rings is 1. The minimum Gasteiger partial charge on any atom is -0.480 e. The van der Waals surface area contributed by atoms with Crippen molar-refractivity contribution in [1.82, 2.24) is 5.32 Å². The second kappa shape index (κ2) is 6.55. The van der Waals surface area contributed by atoms with Gasteiger partial charge in [0.1, 0.15) is 6.04 Å². The maximum Gasteiger partial charge on any atom is 0.391 e. The molecule has 2 N–H and O–H groups in total. The molecule has 0 aliphatic heterocycles. The van der Waals surface area contributed by atoms with Crippen LogP contribution >= 0.6 is 11.3 Å². The second-order valence-electron chi connectivity index (χ2n) is 3.86. The fraction of sp³-hybridized carbons (Fsp3) is 0.455. The molecule has 4 nitrogen and oxygen atoms in total. The van der Waals surface area contributed by atoms with E-state index in [9.17, 15) is 22.8 Å². The molecule has 19 heavy (non-hydrogen) atoms. The largest absolute Gasteiger partial charge is 0.480 e. The van der Waals surface area contributed by atoms with E-state index in [0.717, 1.165) is 4.88 Å². The molecule has 8 heteroatoms. The van der Waals surface area contributed by atoms with Gasteiger partial charge in [0.25, 0.3) is 0 Å². The normalized spacial score (nSPS) is 13.0. The van der Waals surface area contributed by atoms with Gasteiger partial charge in [0.2, 0.25) is 5.91 Å². The van der Waals surface area contributed by atoms with Crippen molar-refractivity contribution in [2.45, 2.75) is 31.5 Å². The monoisotopic (exact) mass is 295 g/mol. The molecule has 0 spiro atoms. The van der Waals surface area contributed by atoms with Crippen molar-refractivity contribution in [3.05, 3.63) is 22.4 Å². The highest BCUT2D eigenvalue weighted by Crippen LogP contribution is 2.21. The Balaban J connectivity index is 2.45. The van der Waals surface area contributed by atoms with Gasteiger partial charge in [0, 0.05) is 11.3 Å². The van der Waals surface area contributed by atoms with Gasteiger partial charge in [-0.25, -0.2) is 4.79 Å². The fourth-order valence-corrected chi connectivity index (χ4v) is 2.10. The molecule has 1 aromatic rings. The zero-order valence-electron chi connectivity index (χ0n) is 9.74. The quantitative estimate of drug-likeness (QED) is 0.845. The number of alkyl halides is 3. The second-order valence-corrected chi connectivity index (χ2v) is 4.89. The summed E-state index contributed by atoms with van der Waals surface area (Å²) in [7, 11) is 0. The van der Waals surface area contributed by atoms with Gasteiger partial charge in [-0.3, -0.25) is 4.79 Å². The molecule has 0 saturated carbocycles. The number of aliphatic carboxylic acids is 1. The van der Waals surface area contributed by atoms with Gasteiger partial charge >= 0.3 is 12.1 Å². The summed E-state index contributed by atoms with van der Waals surface area (Å²) >= 11 is 1.42. The van der Waals surface area contributed by atoms with Crippen LogP contribution in [0.15, 0.2) is 17.5 Å². The first-order valence-electron chi connectivity index (χ1n) is 5.39. The number of aryl methyl sites for hydroxylation is 1. The first kappa shape index (κ1) is 15.5. The van der Waals surface area contributed by atoms with Gasteiger partial charge < -0.3 is 10.4 Å². The molecule has 106 valence electrons. The van der Waals surface area contributed by atoms with Crippen LogP contribution in [0.3, 0.4) is 0 Å². The van der Waals surface area contributed by atoms with Crippen LogP contribution < -0.4 is 5.32 Å². The number of carbonyl (C=O) groups is 2. The minimum atomic E-state index is -4.63. The van der Waals surface area contributed by atoms with Crippen LogP contribution in [0.5, 0.6) is 0 Å². The lowest BCUT2D eigenvalue weighted by Crippen LogP contribution is -2.43. The Kier molecular flexibility index (Phi) is 5.34. The highest BCUT2D eigenvalue weighted by molar-refractivity contribution is 7.09. The van der Waals surface area contributed by atoms with Crippen molar-refractivity contribution in [2.24, 2.45) is 0 Å². The van der Waals surface area contributed by atoms with Crippen molar-refractivity contribution in [1.29, 1.82) is 0 Å². The molecule has 0 bridgehead atoms. The lowest BCUT2D eigenvalue weighted by atomic mass is 10.2. The predicted molar refractivity (Wildman–Crippen MR) is 62.9 cm³/mol. The van der Waals surface area contributed by atoms with Gasteiger partial charge in [0.05, 0.1) is 6.42 Å². The summed E-state index contributed by atoms with van der Waals surface area (Å²) in [6, 6.07) is 1.65. The van der Waals surface area contributed by atoms with E-state index in [0.29, 0.717) is 6.42 Å². The minimum absolute atomic E-state index is 0.0395. The third-order valence-corrected chi connectivity index (χ3v) is 3.18. The molecule has 1 amide bonds. The lowest BCUT2D eigenvalue weighted by molar-refractivity contribution is -0.160. The fourth-order valence-electron chi connectivity index (χ4n) is 1.39. The van der Waals surface area contributed by atoms with E-state index in [1.54, 1.807) is 12.1 Å². The van der Waals surface area contributed by atoms with Gasteiger partial charge in [-0.2, -0.15) is 13.2 Å². The number of carboxylic acid groups (broad SMARTS) is 1. The average molecular weight is 295 g/mol. The number of amides is 1. The first-order chi connectivity index (χ1) is 8.78. The summed E-state index contributed by atoms with van der Waals surface area (Å²) in [5.41, 5.74) is 0. The first-order valence-corrected chi connectivity index (χ1v) is 6.27. The van der Waals surface area contributed by atoms with E-state index in [4.69, 9.17) is 5.11 Å². The van der Waals surface area contributed by atoms with E-state index in [2.05, 4.69) is 0 Å². The van der Waals surface area contributed by atoms with E-state index >= 15 is 0 Å². The summed E-state index contributed by atoms with van der Waals surface area (Å²) < 4.78 is 36.3. The Bertz CT molecular complexity index is 431. The summed E-state index contributed by atoms with van der Waals surface area (Å²) in [5, 5.41) is 12.3. The smallest absolute Gasteiger partial charge is 0.391 e. The van der Waals surface area contributed by atoms with Crippen LogP contribution in [0.4, 0.5) is 13.2 Å². The van der Waals surface area contributed by atoms with Crippen LogP contribution in [0.25, 0.3) is 0 Å². The van der Waals surface area contributed by atoms with Crippen LogP contribution in [0.1, 0.15) is 17.7 Å². The zero-order valence-corrected chi connectivity index (χ0v) is 10.6. The molecule has 1 atom stereocenters. The van der Waals surface area contributed by atoms with Crippen molar-refractivity contribution in [2.75, 3.05) is 0 Å². The molecule has 0 fully saturated rings. The Labute approximate surface area is 111 Å². The topological polar surface area (TPSA) is 66.4 Å². The van der Waals surface area contributed by atoms with Crippen molar-refractivity contribution < 1.29 is 27.9 Å². The molecule has 0 aromatic carbocycles. The molecule has 1 heterocycles. The van der Waals surface area contributed by atoms with E-state index in [1.165, 1.54) is 11.3 Å². The van der Waals surface area contributed by atoms with Crippen LogP contribution in [0, 0.1) is 0 Å². The third kappa shape index (κ3) is 6.23. The zero-order chi connectivity index (χ0) is 14.5. The molecular weight excluding hydrogens is 283 g/mol. The van der Waals surface area contributed by atoms with Crippen LogP contribution in [-0.4, -0.2) is 29.2 Å². The number of carboxylic acids is 1. The van der Waals surface area contributed by atoms with Crippen molar-refractivity contribution in [3.8, 4) is 0 Å². The Morgan fingerprint density at radius 1 is 1.42 bits per heavy atom. The van der Waals surface area contributed by atoms with Gasteiger partial charge in [-0.1, -0.05) is 6.07 Å². The van der Waals surface area contributed by atoms with Crippen LogP contribution in [0.2, 0.25) is 0 Å². The number of hydrogen-bond acceptors (Lipinski definition) is 3. The van der Waals surface area contributed by atoms with Gasteiger partial charge in [-0.15, -0.1) is 11.3 Å². The Morgan fingerprint density at radius 3 is 2.58 bits per heavy atom. The number of hydrogen-bond donors (Lipinski definition) is 2. The molecule has 0 aliphatic rings. The molecule has 0 aliphatic carbocycles. The lowest BCUT2D eigenvalue weighted by Gasteiger charge is -2.16. The average Bonchev–Trinajstić information content (AvgIpc) is 2.76. The number of nitrogens with one attached hydrogen (secondary N) is 1. The summed E-state index contributed by atoms with van der Waals surface area (Å²) in [6.07, 6.45) is -5.87. The number of rotatable bonds is 6. The van der Waals surface area contributed by atoms with Crippen molar-refractivity contribution in [3.63, 3.8) is 0 Å². The Hall–Kier alpha value is -1.57. The van der Waals surface area contributed by atoms with Gasteiger partial charge in [0.15, 0.2) is 0 Å².